The van der Waals surface area contributed by atoms with Crippen molar-refractivity contribution in [2.24, 2.45) is 0 Å². The SMILES string of the molecule is CCC(=O)Oc1ccc2cc(C(=O)NCCOC)c(=O)oc2c1. The molecule has 7 nitrogen and oxygen atoms in total. The van der Waals surface area contributed by atoms with Crippen molar-refractivity contribution in [2.45, 2.75) is 13.3 Å². The average molecular weight is 319 g/mol. The van der Waals surface area contributed by atoms with Gasteiger partial charge >= 0.3 is 11.6 Å². The molecule has 0 bridgehead atoms. The fraction of sp³-hybridized carbons (Fsp3) is 0.312. The highest BCUT2D eigenvalue weighted by molar-refractivity contribution is 5.96. The molecule has 0 unspecified atom stereocenters. The summed E-state index contributed by atoms with van der Waals surface area (Å²) in [6.45, 7) is 2.31. The molecule has 0 aliphatic carbocycles. The van der Waals surface area contributed by atoms with Gasteiger partial charge in [-0.3, -0.25) is 9.59 Å². The molecule has 0 saturated heterocycles. The van der Waals surface area contributed by atoms with Gasteiger partial charge in [0, 0.05) is 31.5 Å². The highest BCUT2D eigenvalue weighted by atomic mass is 16.5. The van der Waals surface area contributed by atoms with Crippen molar-refractivity contribution < 1.29 is 23.5 Å². The molecule has 1 aromatic carbocycles. The van der Waals surface area contributed by atoms with E-state index in [2.05, 4.69) is 5.32 Å². The first kappa shape index (κ1) is 16.7. The van der Waals surface area contributed by atoms with Gasteiger partial charge in [-0.15, -0.1) is 0 Å². The van der Waals surface area contributed by atoms with Crippen LogP contribution in [0.25, 0.3) is 11.0 Å². The second-order valence-electron chi connectivity index (χ2n) is 4.72. The Morgan fingerprint density at radius 3 is 2.74 bits per heavy atom. The quantitative estimate of drug-likeness (QED) is 0.375. The number of rotatable bonds is 6. The zero-order valence-corrected chi connectivity index (χ0v) is 12.9. The first-order valence-electron chi connectivity index (χ1n) is 7.11. The minimum Gasteiger partial charge on any atom is -0.426 e. The first-order chi connectivity index (χ1) is 11.0. The molecule has 0 saturated carbocycles. The van der Waals surface area contributed by atoms with E-state index >= 15 is 0 Å². The number of esters is 1. The maximum absolute atomic E-state index is 11.9. The Morgan fingerprint density at radius 1 is 1.26 bits per heavy atom. The molecular weight excluding hydrogens is 302 g/mol. The normalized spacial score (nSPS) is 10.5. The number of benzene rings is 1. The van der Waals surface area contributed by atoms with Crippen LogP contribution < -0.4 is 15.7 Å². The maximum Gasteiger partial charge on any atom is 0.349 e. The molecule has 0 atom stereocenters. The van der Waals surface area contributed by atoms with E-state index in [1.54, 1.807) is 19.1 Å². The summed E-state index contributed by atoms with van der Waals surface area (Å²) in [6, 6.07) is 6.07. The number of amides is 1. The van der Waals surface area contributed by atoms with Gasteiger partial charge in [-0.25, -0.2) is 4.79 Å². The lowest BCUT2D eigenvalue weighted by molar-refractivity contribution is -0.134. The number of hydrogen-bond acceptors (Lipinski definition) is 6. The van der Waals surface area contributed by atoms with Crippen LogP contribution in [0.15, 0.2) is 33.5 Å². The van der Waals surface area contributed by atoms with Gasteiger partial charge in [-0.2, -0.15) is 0 Å². The zero-order chi connectivity index (χ0) is 16.8. The minimum absolute atomic E-state index is 0.0908. The Bertz CT molecular complexity index is 780. The molecule has 122 valence electrons. The summed E-state index contributed by atoms with van der Waals surface area (Å²) in [7, 11) is 1.51. The topological polar surface area (TPSA) is 94.8 Å². The molecule has 2 rings (SSSR count). The third-order valence-electron chi connectivity index (χ3n) is 3.06. The number of fused-ring (bicyclic) bond motifs is 1. The molecule has 23 heavy (non-hydrogen) atoms. The number of methoxy groups -OCH3 is 1. The average Bonchev–Trinajstić information content (AvgIpc) is 2.54. The fourth-order valence-electron chi connectivity index (χ4n) is 1.88. The highest BCUT2D eigenvalue weighted by Crippen LogP contribution is 2.21. The van der Waals surface area contributed by atoms with Crippen molar-refractivity contribution in [1.29, 1.82) is 0 Å². The first-order valence-corrected chi connectivity index (χ1v) is 7.11. The van der Waals surface area contributed by atoms with Gasteiger partial charge in [0.1, 0.15) is 16.9 Å². The molecule has 1 N–H and O–H groups in total. The van der Waals surface area contributed by atoms with Crippen LogP contribution in [0.1, 0.15) is 23.7 Å². The van der Waals surface area contributed by atoms with Crippen LogP contribution >= 0.6 is 0 Å². The molecule has 0 aliphatic rings. The summed E-state index contributed by atoms with van der Waals surface area (Å²) in [5.74, 6) is -0.634. The summed E-state index contributed by atoms with van der Waals surface area (Å²) in [5.41, 5.74) is -0.608. The molecule has 0 aliphatic heterocycles. The van der Waals surface area contributed by atoms with Crippen molar-refractivity contribution in [2.75, 3.05) is 20.3 Å². The zero-order valence-electron chi connectivity index (χ0n) is 12.9. The lowest BCUT2D eigenvalue weighted by Crippen LogP contribution is -2.30. The van der Waals surface area contributed by atoms with Crippen molar-refractivity contribution in [3.05, 3.63) is 40.2 Å². The molecule has 2 aromatic rings. The van der Waals surface area contributed by atoms with E-state index in [1.165, 1.54) is 19.2 Å². The fourth-order valence-corrected chi connectivity index (χ4v) is 1.88. The van der Waals surface area contributed by atoms with Crippen LogP contribution in [0.5, 0.6) is 5.75 Å². The largest absolute Gasteiger partial charge is 0.426 e. The predicted molar refractivity (Wildman–Crippen MR) is 82.6 cm³/mol. The van der Waals surface area contributed by atoms with E-state index in [4.69, 9.17) is 13.9 Å². The van der Waals surface area contributed by atoms with E-state index in [-0.39, 0.29) is 29.3 Å². The van der Waals surface area contributed by atoms with Gasteiger partial charge in [0.25, 0.3) is 5.91 Å². The van der Waals surface area contributed by atoms with E-state index in [9.17, 15) is 14.4 Å². The second-order valence-corrected chi connectivity index (χ2v) is 4.72. The summed E-state index contributed by atoms with van der Waals surface area (Å²) in [6.07, 6.45) is 0.239. The number of ether oxygens (including phenoxy) is 2. The Balaban J connectivity index is 2.28. The van der Waals surface area contributed by atoms with Crippen LogP contribution in [0.3, 0.4) is 0 Å². The molecule has 1 heterocycles. The standard InChI is InChI=1S/C16H17NO6/c1-3-14(18)22-11-5-4-10-8-12(15(19)17-6-7-21-2)16(20)23-13(10)9-11/h4-5,8-9H,3,6-7H2,1-2H3,(H,17,19). The summed E-state index contributed by atoms with van der Waals surface area (Å²) < 4.78 is 15.0. The van der Waals surface area contributed by atoms with Crippen molar-refractivity contribution in [3.8, 4) is 5.75 Å². The lowest BCUT2D eigenvalue weighted by atomic mass is 10.1. The van der Waals surface area contributed by atoms with Gasteiger partial charge in [0.05, 0.1) is 6.61 Å². The second kappa shape index (κ2) is 7.55. The highest BCUT2D eigenvalue weighted by Gasteiger charge is 2.14. The van der Waals surface area contributed by atoms with Crippen LogP contribution in [-0.4, -0.2) is 32.1 Å². The molecule has 0 spiro atoms. The Morgan fingerprint density at radius 2 is 2.04 bits per heavy atom. The lowest BCUT2D eigenvalue weighted by Gasteiger charge is -2.06. The Labute approximate surface area is 132 Å². The third-order valence-corrected chi connectivity index (χ3v) is 3.06. The van der Waals surface area contributed by atoms with E-state index in [0.29, 0.717) is 18.5 Å². The van der Waals surface area contributed by atoms with Gasteiger partial charge in [-0.1, -0.05) is 6.92 Å². The molecule has 1 aromatic heterocycles. The molecule has 0 radical (unpaired) electrons. The number of carbonyl (C=O) groups is 2. The van der Waals surface area contributed by atoms with Gasteiger partial charge in [-0.05, 0) is 18.2 Å². The van der Waals surface area contributed by atoms with Crippen molar-refractivity contribution >= 4 is 22.8 Å². The summed E-state index contributed by atoms with van der Waals surface area (Å²) in [4.78, 5) is 35.1. The van der Waals surface area contributed by atoms with E-state index in [1.807, 2.05) is 0 Å². The Kier molecular flexibility index (Phi) is 5.48. The Hall–Kier alpha value is -2.67. The third kappa shape index (κ3) is 4.17. The molecule has 0 fully saturated rings. The van der Waals surface area contributed by atoms with Crippen molar-refractivity contribution in [3.63, 3.8) is 0 Å². The summed E-state index contributed by atoms with van der Waals surface area (Å²) in [5, 5.41) is 3.11. The molecule has 7 heteroatoms. The van der Waals surface area contributed by atoms with Gasteiger partial charge < -0.3 is 19.2 Å². The van der Waals surface area contributed by atoms with Crippen LogP contribution in [0.4, 0.5) is 0 Å². The van der Waals surface area contributed by atoms with Crippen molar-refractivity contribution in [1.82, 2.24) is 5.32 Å². The van der Waals surface area contributed by atoms with E-state index < -0.39 is 11.5 Å². The van der Waals surface area contributed by atoms with Crippen LogP contribution in [0, 0.1) is 0 Å². The van der Waals surface area contributed by atoms with Gasteiger partial charge in [0.2, 0.25) is 0 Å². The van der Waals surface area contributed by atoms with E-state index in [0.717, 1.165) is 0 Å². The van der Waals surface area contributed by atoms with Crippen LogP contribution in [0.2, 0.25) is 0 Å². The number of carbonyl (C=O) groups excluding carboxylic acids is 2. The molecule has 1 amide bonds. The smallest absolute Gasteiger partial charge is 0.349 e. The maximum atomic E-state index is 11.9. The minimum atomic E-state index is -0.758. The monoisotopic (exact) mass is 319 g/mol. The molecular formula is C16H17NO6. The number of nitrogens with one attached hydrogen (secondary N) is 1. The van der Waals surface area contributed by atoms with Crippen LogP contribution in [-0.2, 0) is 9.53 Å². The predicted octanol–water partition coefficient (Wildman–Crippen LogP) is 1.48. The number of hydrogen-bond donors (Lipinski definition) is 1. The summed E-state index contributed by atoms with van der Waals surface area (Å²) >= 11 is 0. The van der Waals surface area contributed by atoms with Gasteiger partial charge in [0.15, 0.2) is 0 Å².